The zero-order chi connectivity index (χ0) is 16.5. The number of amides is 1. The first-order valence-electron chi connectivity index (χ1n) is 7.41. The van der Waals surface area contributed by atoms with Gasteiger partial charge in [-0.1, -0.05) is 18.2 Å². The topological polar surface area (TPSA) is 63.2 Å². The van der Waals surface area contributed by atoms with Crippen molar-refractivity contribution in [2.75, 3.05) is 25.6 Å². The number of anilines is 1. The maximum Gasteiger partial charge on any atom is 0.251 e. The van der Waals surface area contributed by atoms with Crippen LogP contribution in [0.2, 0.25) is 0 Å². The Balaban J connectivity index is 1.91. The summed E-state index contributed by atoms with van der Waals surface area (Å²) >= 11 is 0. The highest BCUT2D eigenvalue weighted by Crippen LogP contribution is 2.11. The number of halogens is 1. The van der Waals surface area contributed by atoms with Crippen LogP contribution in [0.25, 0.3) is 0 Å². The number of nitrogens with zero attached hydrogens (tertiary/aromatic N) is 1. The molecule has 0 aliphatic rings. The summed E-state index contributed by atoms with van der Waals surface area (Å²) in [5.74, 6) is 0.0854. The molecule has 1 aromatic carbocycles. The Labute approximate surface area is 134 Å². The van der Waals surface area contributed by atoms with Crippen LogP contribution in [0.1, 0.15) is 22.3 Å². The van der Waals surface area contributed by atoms with Crippen molar-refractivity contribution >= 4 is 11.7 Å². The molecule has 0 fully saturated rings. The van der Waals surface area contributed by atoms with Gasteiger partial charge in [-0.05, 0) is 24.6 Å². The molecule has 0 unspecified atom stereocenters. The Morgan fingerprint density at radius 3 is 2.91 bits per heavy atom. The molecule has 23 heavy (non-hydrogen) atoms. The smallest absolute Gasteiger partial charge is 0.251 e. The van der Waals surface area contributed by atoms with Crippen LogP contribution in [0, 0.1) is 5.82 Å². The highest BCUT2D eigenvalue weighted by molar-refractivity contribution is 5.94. The summed E-state index contributed by atoms with van der Waals surface area (Å²) in [6.45, 7) is 1.46. The molecule has 0 aliphatic heterocycles. The van der Waals surface area contributed by atoms with E-state index in [-0.39, 0.29) is 11.7 Å². The van der Waals surface area contributed by atoms with Crippen LogP contribution in [-0.4, -0.2) is 31.2 Å². The molecule has 0 saturated heterocycles. The van der Waals surface area contributed by atoms with E-state index >= 15 is 0 Å². The van der Waals surface area contributed by atoms with Crippen molar-refractivity contribution in [1.29, 1.82) is 0 Å². The fourth-order valence-corrected chi connectivity index (χ4v) is 2.02. The lowest BCUT2D eigenvalue weighted by Crippen LogP contribution is -2.25. The molecular weight excluding hydrogens is 297 g/mol. The lowest BCUT2D eigenvalue weighted by atomic mass is 10.2. The highest BCUT2D eigenvalue weighted by atomic mass is 19.1. The molecule has 0 atom stereocenters. The second-order valence-electron chi connectivity index (χ2n) is 4.98. The van der Waals surface area contributed by atoms with Crippen molar-refractivity contribution in [2.24, 2.45) is 0 Å². The predicted molar refractivity (Wildman–Crippen MR) is 86.8 cm³/mol. The van der Waals surface area contributed by atoms with Gasteiger partial charge in [0.2, 0.25) is 0 Å². The van der Waals surface area contributed by atoms with Crippen LogP contribution in [0.3, 0.4) is 0 Å². The van der Waals surface area contributed by atoms with E-state index in [2.05, 4.69) is 15.6 Å². The minimum atomic E-state index is -0.271. The lowest BCUT2D eigenvalue weighted by molar-refractivity contribution is 0.0948. The van der Waals surface area contributed by atoms with Crippen LogP contribution >= 0.6 is 0 Å². The SMILES string of the molecule is COCCCNC(=O)c1ccnc(NCc2ccccc2F)c1. The van der Waals surface area contributed by atoms with E-state index in [1.807, 2.05) is 0 Å². The Kier molecular flexibility index (Phi) is 6.50. The number of benzene rings is 1. The largest absolute Gasteiger partial charge is 0.385 e. The van der Waals surface area contributed by atoms with Crippen molar-refractivity contribution in [2.45, 2.75) is 13.0 Å². The first kappa shape index (κ1) is 16.9. The van der Waals surface area contributed by atoms with E-state index in [4.69, 9.17) is 4.74 Å². The standard InChI is InChI=1S/C17H20FN3O2/c1-23-10-4-8-20-17(22)13-7-9-19-16(11-13)21-12-14-5-2-3-6-15(14)18/h2-3,5-7,9,11H,4,8,10,12H2,1H3,(H,19,21)(H,20,22). The Morgan fingerprint density at radius 2 is 2.13 bits per heavy atom. The molecule has 2 N–H and O–H groups in total. The normalized spacial score (nSPS) is 10.3. The molecule has 1 amide bonds. The van der Waals surface area contributed by atoms with Crippen LogP contribution in [0.5, 0.6) is 0 Å². The second-order valence-corrected chi connectivity index (χ2v) is 4.98. The Morgan fingerprint density at radius 1 is 1.30 bits per heavy atom. The fraction of sp³-hybridized carbons (Fsp3) is 0.294. The zero-order valence-corrected chi connectivity index (χ0v) is 13.0. The average molecular weight is 317 g/mol. The molecule has 2 aromatic rings. The molecule has 5 nitrogen and oxygen atoms in total. The number of methoxy groups -OCH3 is 1. The summed E-state index contributed by atoms with van der Waals surface area (Å²) in [5, 5.41) is 5.83. The number of aromatic nitrogens is 1. The van der Waals surface area contributed by atoms with Gasteiger partial charge in [-0.25, -0.2) is 9.37 Å². The molecule has 0 bridgehead atoms. The summed E-state index contributed by atoms with van der Waals surface area (Å²) in [5.41, 5.74) is 1.05. The minimum Gasteiger partial charge on any atom is -0.385 e. The van der Waals surface area contributed by atoms with Crippen molar-refractivity contribution in [1.82, 2.24) is 10.3 Å². The lowest BCUT2D eigenvalue weighted by Gasteiger charge is -2.09. The van der Waals surface area contributed by atoms with E-state index in [9.17, 15) is 9.18 Å². The van der Waals surface area contributed by atoms with Crippen LogP contribution < -0.4 is 10.6 Å². The molecule has 0 radical (unpaired) electrons. The molecule has 0 aliphatic carbocycles. The van der Waals surface area contributed by atoms with Crippen molar-refractivity contribution < 1.29 is 13.9 Å². The zero-order valence-electron chi connectivity index (χ0n) is 13.0. The van der Waals surface area contributed by atoms with E-state index in [0.29, 0.717) is 36.6 Å². The quantitative estimate of drug-likeness (QED) is 0.735. The number of pyridine rings is 1. The van der Waals surface area contributed by atoms with Gasteiger partial charge in [0.05, 0.1) is 0 Å². The molecule has 1 heterocycles. The van der Waals surface area contributed by atoms with Gasteiger partial charge in [0, 0.05) is 44.1 Å². The number of carbonyl (C=O) groups excluding carboxylic acids is 1. The van der Waals surface area contributed by atoms with Gasteiger partial charge in [-0.3, -0.25) is 4.79 Å². The highest BCUT2D eigenvalue weighted by Gasteiger charge is 2.07. The van der Waals surface area contributed by atoms with Crippen molar-refractivity contribution in [3.05, 3.63) is 59.5 Å². The van der Waals surface area contributed by atoms with E-state index in [0.717, 1.165) is 6.42 Å². The molecule has 0 spiro atoms. The van der Waals surface area contributed by atoms with Crippen LogP contribution in [0.4, 0.5) is 10.2 Å². The number of hydrogen-bond acceptors (Lipinski definition) is 4. The fourth-order valence-electron chi connectivity index (χ4n) is 2.02. The monoisotopic (exact) mass is 317 g/mol. The summed E-state index contributed by atoms with van der Waals surface area (Å²) in [4.78, 5) is 16.2. The summed E-state index contributed by atoms with van der Waals surface area (Å²) in [6.07, 6.45) is 2.31. The maximum atomic E-state index is 13.6. The predicted octanol–water partition coefficient (Wildman–Crippen LogP) is 2.60. The van der Waals surface area contributed by atoms with E-state index in [1.54, 1.807) is 43.6 Å². The van der Waals surface area contributed by atoms with Crippen molar-refractivity contribution in [3.8, 4) is 0 Å². The first-order valence-corrected chi connectivity index (χ1v) is 7.41. The summed E-state index contributed by atoms with van der Waals surface area (Å²) in [7, 11) is 1.62. The molecule has 1 aromatic heterocycles. The Bertz CT molecular complexity index is 649. The van der Waals surface area contributed by atoms with Gasteiger partial charge < -0.3 is 15.4 Å². The number of hydrogen-bond donors (Lipinski definition) is 2. The third kappa shape index (κ3) is 5.34. The maximum absolute atomic E-state index is 13.6. The summed E-state index contributed by atoms with van der Waals surface area (Å²) < 4.78 is 18.5. The van der Waals surface area contributed by atoms with Gasteiger partial charge >= 0.3 is 0 Å². The van der Waals surface area contributed by atoms with E-state index in [1.165, 1.54) is 6.07 Å². The third-order valence-corrected chi connectivity index (χ3v) is 3.25. The van der Waals surface area contributed by atoms with Gasteiger partial charge in [0.25, 0.3) is 5.91 Å². The van der Waals surface area contributed by atoms with Gasteiger partial charge in [0.15, 0.2) is 0 Å². The molecule has 0 saturated carbocycles. The first-order chi connectivity index (χ1) is 11.2. The van der Waals surface area contributed by atoms with Gasteiger partial charge in [-0.2, -0.15) is 0 Å². The second kappa shape index (κ2) is 8.85. The van der Waals surface area contributed by atoms with Gasteiger partial charge in [0.1, 0.15) is 11.6 Å². The number of ether oxygens (including phenoxy) is 1. The molecular formula is C17H20FN3O2. The Hall–Kier alpha value is -2.47. The number of nitrogens with one attached hydrogen (secondary N) is 2. The third-order valence-electron chi connectivity index (χ3n) is 3.25. The average Bonchev–Trinajstić information content (AvgIpc) is 2.58. The molecule has 6 heteroatoms. The van der Waals surface area contributed by atoms with Gasteiger partial charge in [-0.15, -0.1) is 0 Å². The van der Waals surface area contributed by atoms with Crippen LogP contribution in [-0.2, 0) is 11.3 Å². The van der Waals surface area contributed by atoms with Crippen LogP contribution in [0.15, 0.2) is 42.6 Å². The number of rotatable bonds is 8. The minimum absolute atomic E-state index is 0.169. The number of carbonyl (C=O) groups is 1. The molecule has 122 valence electrons. The summed E-state index contributed by atoms with van der Waals surface area (Å²) in [6, 6.07) is 9.82. The van der Waals surface area contributed by atoms with E-state index < -0.39 is 0 Å². The molecule has 2 rings (SSSR count). The van der Waals surface area contributed by atoms with Crippen molar-refractivity contribution in [3.63, 3.8) is 0 Å².